The summed E-state index contributed by atoms with van der Waals surface area (Å²) in [5.41, 5.74) is 1.18. The van der Waals surface area contributed by atoms with E-state index in [1.807, 2.05) is 44.2 Å². The van der Waals surface area contributed by atoms with Crippen molar-refractivity contribution in [3.63, 3.8) is 0 Å². The second kappa shape index (κ2) is 15.5. The maximum absolute atomic E-state index is 14.5. The van der Waals surface area contributed by atoms with Gasteiger partial charge in [-0.3, -0.25) is 24.0 Å². The van der Waals surface area contributed by atoms with Crippen molar-refractivity contribution in [1.29, 1.82) is 0 Å². The number of hydrogen-bond donors (Lipinski definition) is 1. The Kier molecular flexibility index (Phi) is 11.5. The third-order valence-electron chi connectivity index (χ3n) is 7.21. The lowest BCUT2D eigenvalue weighted by molar-refractivity contribution is -0.384. The number of benzene rings is 4. The van der Waals surface area contributed by atoms with Gasteiger partial charge in [0.15, 0.2) is 0 Å². The minimum absolute atomic E-state index is 0.0457. The molecule has 0 spiro atoms. The molecule has 0 radical (unpaired) electrons. The second-order valence-corrected chi connectivity index (χ2v) is 13.3. The average molecular weight is 663 g/mol. The monoisotopic (exact) mass is 662 g/mol. The number of non-ortho nitro benzene ring substituents is 1. The van der Waals surface area contributed by atoms with E-state index < -0.39 is 39.3 Å². The Bertz CT molecular complexity index is 1750. The van der Waals surface area contributed by atoms with Gasteiger partial charge in [-0.05, 0) is 47.4 Å². The summed E-state index contributed by atoms with van der Waals surface area (Å²) in [4.78, 5) is 40.3. The highest BCUT2D eigenvalue weighted by atomic mass is 35.5. The van der Waals surface area contributed by atoms with Crippen molar-refractivity contribution in [1.82, 2.24) is 10.2 Å². The fraction of sp³-hybridized carbons (Fsp3) is 0.235. The molecule has 240 valence electrons. The molecule has 4 rings (SSSR count). The van der Waals surface area contributed by atoms with Crippen LogP contribution in [0.5, 0.6) is 0 Å². The maximum Gasteiger partial charge on any atom is 0.269 e. The number of sulfonamides is 1. The Morgan fingerprint density at radius 2 is 1.46 bits per heavy atom. The van der Waals surface area contributed by atoms with E-state index in [0.717, 1.165) is 9.87 Å². The molecule has 46 heavy (non-hydrogen) atoms. The fourth-order valence-corrected chi connectivity index (χ4v) is 6.41. The third kappa shape index (κ3) is 8.70. The van der Waals surface area contributed by atoms with Crippen molar-refractivity contribution in [2.45, 2.75) is 37.8 Å². The molecule has 0 saturated heterocycles. The van der Waals surface area contributed by atoms with Crippen LogP contribution >= 0.6 is 11.6 Å². The van der Waals surface area contributed by atoms with E-state index in [2.05, 4.69) is 5.32 Å². The third-order valence-corrected chi connectivity index (χ3v) is 9.37. The average Bonchev–Trinajstić information content (AvgIpc) is 3.05. The van der Waals surface area contributed by atoms with Gasteiger partial charge < -0.3 is 10.2 Å². The number of halogens is 1. The van der Waals surface area contributed by atoms with Gasteiger partial charge in [0, 0.05) is 36.7 Å². The smallest absolute Gasteiger partial charge is 0.269 e. The van der Waals surface area contributed by atoms with Crippen LogP contribution in [0.25, 0.3) is 0 Å². The molecule has 0 aliphatic heterocycles. The number of anilines is 1. The zero-order valence-electron chi connectivity index (χ0n) is 25.5. The van der Waals surface area contributed by atoms with Crippen LogP contribution in [0.4, 0.5) is 11.4 Å². The van der Waals surface area contributed by atoms with Crippen LogP contribution < -0.4 is 9.62 Å². The van der Waals surface area contributed by atoms with Crippen LogP contribution in [-0.4, -0.2) is 49.2 Å². The van der Waals surface area contributed by atoms with Gasteiger partial charge >= 0.3 is 0 Å². The van der Waals surface area contributed by atoms with Gasteiger partial charge in [0.1, 0.15) is 12.6 Å². The van der Waals surface area contributed by atoms with E-state index in [1.165, 1.54) is 41.3 Å². The number of amides is 2. The summed E-state index contributed by atoms with van der Waals surface area (Å²) in [6, 6.07) is 27.6. The molecule has 1 atom stereocenters. The van der Waals surface area contributed by atoms with E-state index in [0.29, 0.717) is 17.1 Å². The molecule has 0 unspecified atom stereocenters. The van der Waals surface area contributed by atoms with E-state index in [1.54, 1.807) is 42.5 Å². The molecule has 10 nitrogen and oxygen atoms in total. The molecule has 0 aromatic heterocycles. The van der Waals surface area contributed by atoms with E-state index in [9.17, 15) is 28.1 Å². The van der Waals surface area contributed by atoms with Crippen LogP contribution in [0.2, 0.25) is 5.02 Å². The first-order valence-electron chi connectivity index (χ1n) is 14.6. The highest BCUT2D eigenvalue weighted by molar-refractivity contribution is 7.92. The number of nitrogens with one attached hydrogen (secondary N) is 1. The zero-order chi connectivity index (χ0) is 33.3. The number of nitro groups is 1. The van der Waals surface area contributed by atoms with Crippen LogP contribution in [0.3, 0.4) is 0 Å². The molecule has 2 amide bonds. The molecule has 0 heterocycles. The number of nitrogens with zero attached hydrogens (tertiary/aromatic N) is 3. The number of hydrogen-bond acceptors (Lipinski definition) is 6. The standard InChI is InChI=1S/C34H35ClN4O6S/c1-25(2)22-36-34(41)32(21-26-11-5-3-6-12-26)37(23-27-13-9-10-16-31(27)35)33(40)24-38(28-17-19-29(20-18-28)39(42)43)46(44,45)30-14-7-4-8-15-30/h3-20,25,32H,21-24H2,1-2H3,(H,36,41)/t32-/m0/s1. The minimum atomic E-state index is -4.33. The molecular weight excluding hydrogens is 628 g/mol. The fourth-order valence-electron chi connectivity index (χ4n) is 4.78. The normalized spacial score (nSPS) is 11.9. The highest BCUT2D eigenvalue weighted by Crippen LogP contribution is 2.27. The largest absolute Gasteiger partial charge is 0.354 e. The van der Waals surface area contributed by atoms with Crippen LogP contribution in [0.15, 0.2) is 114 Å². The summed E-state index contributed by atoms with van der Waals surface area (Å²) in [5, 5.41) is 14.6. The molecule has 0 saturated carbocycles. The molecule has 0 bridgehead atoms. The first-order chi connectivity index (χ1) is 22.0. The van der Waals surface area contributed by atoms with Gasteiger partial charge in [0.05, 0.1) is 15.5 Å². The minimum Gasteiger partial charge on any atom is -0.354 e. The Morgan fingerprint density at radius 3 is 2.04 bits per heavy atom. The molecule has 0 aliphatic carbocycles. The molecule has 4 aromatic rings. The Balaban J connectivity index is 1.81. The van der Waals surface area contributed by atoms with Crippen molar-refractivity contribution in [3.05, 3.63) is 135 Å². The first kappa shape index (κ1) is 34.1. The van der Waals surface area contributed by atoms with Crippen molar-refractivity contribution in [3.8, 4) is 0 Å². The maximum atomic E-state index is 14.5. The van der Waals surface area contributed by atoms with E-state index in [-0.39, 0.29) is 35.2 Å². The second-order valence-electron chi connectivity index (χ2n) is 11.1. The summed E-state index contributed by atoms with van der Waals surface area (Å²) < 4.78 is 28.9. The van der Waals surface area contributed by atoms with Gasteiger partial charge in [-0.25, -0.2) is 8.42 Å². The number of carbonyl (C=O) groups excluding carboxylic acids is 2. The van der Waals surface area contributed by atoms with Crippen LogP contribution in [-0.2, 0) is 32.6 Å². The summed E-state index contributed by atoms with van der Waals surface area (Å²) in [5.74, 6) is -0.924. The number of rotatable bonds is 14. The lowest BCUT2D eigenvalue weighted by Crippen LogP contribution is -2.53. The van der Waals surface area contributed by atoms with Crippen molar-refractivity contribution < 1.29 is 22.9 Å². The van der Waals surface area contributed by atoms with Crippen molar-refractivity contribution in [2.75, 3.05) is 17.4 Å². The first-order valence-corrected chi connectivity index (χ1v) is 16.5. The lowest BCUT2D eigenvalue weighted by atomic mass is 10.0. The Hall–Kier alpha value is -4.74. The number of carbonyl (C=O) groups is 2. The van der Waals surface area contributed by atoms with Gasteiger partial charge in [-0.1, -0.05) is 92.2 Å². The Morgan fingerprint density at radius 1 is 0.870 bits per heavy atom. The van der Waals surface area contributed by atoms with Crippen LogP contribution in [0, 0.1) is 16.0 Å². The van der Waals surface area contributed by atoms with Gasteiger partial charge in [0.2, 0.25) is 11.8 Å². The SMILES string of the molecule is CC(C)CNC(=O)[C@H](Cc1ccccc1)N(Cc1ccccc1Cl)C(=O)CN(c1ccc([N+](=O)[O-])cc1)S(=O)(=O)c1ccccc1. The zero-order valence-corrected chi connectivity index (χ0v) is 27.0. The summed E-state index contributed by atoms with van der Waals surface area (Å²) >= 11 is 6.51. The van der Waals surface area contributed by atoms with Crippen LogP contribution in [0.1, 0.15) is 25.0 Å². The predicted molar refractivity (Wildman–Crippen MR) is 178 cm³/mol. The molecule has 0 aliphatic rings. The van der Waals surface area contributed by atoms with E-state index in [4.69, 9.17) is 11.6 Å². The molecule has 4 aromatic carbocycles. The predicted octanol–water partition coefficient (Wildman–Crippen LogP) is 5.86. The molecule has 1 N–H and O–H groups in total. The summed E-state index contributed by atoms with van der Waals surface area (Å²) in [6.07, 6.45) is 0.157. The van der Waals surface area contributed by atoms with Gasteiger partial charge in [-0.15, -0.1) is 0 Å². The van der Waals surface area contributed by atoms with Crippen molar-refractivity contribution in [2.24, 2.45) is 5.92 Å². The quantitative estimate of drug-likeness (QED) is 0.133. The molecule has 12 heteroatoms. The lowest BCUT2D eigenvalue weighted by Gasteiger charge is -2.34. The number of nitro benzene ring substituents is 1. The van der Waals surface area contributed by atoms with E-state index >= 15 is 0 Å². The molecule has 0 fully saturated rings. The summed E-state index contributed by atoms with van der Waals surface area (Å²) in [6.45, 7) is 3.51. The highest BCUT2D eigenvalue weighted by Gasteiger charge is 2.35. The van der Waals surface area contributed by atoms with Gasteiger partial charge in [0.25, 0.3) is 15.7 Å². The summed E-state index contributed by atoms with van der Waals surface area (Å²) in [7, 11) is -4.33. The Labute approximate surface area is 273 Å². The topological polar surface area (TPSA) is 130 Å². The van der Waals surface area contributed by atoms with Gasteiger partial charge in [-0.2, -0.15) is 0 Å². The van der Waals surface area contributed by atoms with Crippen molar-refractivity contribution >= 4 is 44.8 Å². The molecular formula is C34H35ClN4O6S.